The standard InChI is InChI=1S/C17H15FN2O2/c1-11-4-2-7-14(8-11)20-16(21)10-15(17(20)22)19-13-6-3-5-12(18)9-13/h2-9,15,19H,10H2,1H3/t15-/m0/s1. The molecule has 1 atom stereocenters. The zero-order valence-electron chi connectivity index (χ0n) is 12.0. The van der Waals surface area contributed by atoms with Crippen molar-refractivity contribution in [1.29, 1.82) is 0 Å². The third-order valence-electron chi connectivity index (χ3n) is 3.57. The summed E-state index contributed by atoms with van der Waals surface area (Å²) >= 11 is 0. The molecule has 2 aromatic rings. The summed E-state index contributed by atoms with van der Waals surface area (Å²) in [6, 6.07) is 12.4. The van der Waals surface area contributed by atoms with Gasteiger partial charge in [-0.3, -0.25) is 9.59 Å². The number of anilines is 2. The van der Waals surface area contributed by atoms with Crippen molar-refractivity contribution in [2.45, 2.75) is 19.4 Å². The van der Waals surface area contributed by atoms with E-state index in [9.17, 15) is 14.0 Å². The summed E-state index contributed by atoms with van der Waals surface area (Å²) in [7, 11) is 0. The highest BCUT2D eigenvalue weighted by molar-refractivity contribution is 6.23. The van der Waals surface area contributed by atoms with Gasteiger partial charge in [-0.2, -0.15) is 0 Å². The van der Waals surface area contributed by atoms with Gasteiger partial charge < -0.3 is 5.32 Å². The lowest BCUT2D eigenvalue weighted by atomic mass is 10.2. The first-order valence-electron chi connectivity index (χ1n) is 7.00. The normalized spacial score (nSPS) is 17.9. The molecule has 1 aliphatic heterocycles. The van der Waals surface area contributed by atoms with E-state index in [2.05, 4.69) is 5.32 Å². The molecule has 0 aliphatic carbocycles. The fraction of sp³-hybridized carbons (Fsp3) is 0.176. The number of nitrogens with one attached hydrogen (secondary N) is 1. The van der Waals surface area contributed by atoms with Crippen LogP contribution in [0.2, 0.25) is 0 Å². The lowest BCUT2D eigenvalue weighted by Gasteiger charge is -2.16. The lowest BCUT2D eigenvalue weighted by Crippen LogP contribution is -2.34. The third kappa shape index (κ3) is 2.70. The van der Waals surface area contributed by atoms with Crippen LogP contribution in [0, 0.1) is 12.7 Å². The molecule has 22 heavy (non-hydrogen) atoms. The second-order valence-electron chi connectivity index (χ2n) is 5.32. The van der Waals surface area contributed by atoms with Gasteiger partial charge in [0, 0.05) is 5.69 Å². The van der Waals surface area contributed by atoms with Gasteiger partial charge in [0.15, 0.2) is 0 Å². The van der Waals surface area contributed by atoms with Crippen LogP contribution >= 0.6 is 0 Å². The minimum atomic E-state index is -0.671. The molecule has 2 aromatic carbocycles. The van der Waals surface area contributed by atoms with Gasteiger partial charge in [-0.15, -0.1) is 0 Å². The second kappa shape index (κ2) is 5.60. The summed E-state index contributed by atoms with van der Waals surface area (Å²) in [4.78, 5) is 25.8. The van der Waals surface area contributed by atoms with Crippen LogP contribution in [-0.2, 0) is 9.59 Å². The maximum atomic E-state index is 13.2. The molecule has 0 radical (unpaired) electrons. The summed E-state index contributed by atoms with van der Waals surface area (Å²) < 4.78 is 13.2. The van der Waals surface area contributed by atoms with Gasteiger partial charge in [0.2, 0.25) is 5.91 Å². The first kappa shape index (κ1) is 14.3. The zero-order chi connectivity index (χ0) is 15.7. The lowest BCUT2D eigenvalue weighted by molar-refractivity contribution is -0.121. The smallest absolute Gasteiger partial charge is 0.256 e. The number of rotatable bonds is 3. The molecule has 3 rings (SSSR count). The topological polar surface area (TPSA) is 49.4 Å². The van der Waals surface area contributed by atoms with E-state index in [0.29, 0.717) is 11.4 Å². The number of hydrogen-bond donors (Lipinski definition) is 1. The van der Waals surface area contributed by atoms with Crippen molar-refractivity contribution in [3.63, 3.8) is 0 Å². The summed E-state index contributed by atoms with van der Waals surface area (Å²) in [5.41, 5.74) is 2.02. The van der Waals surface area contributed by atoms with Crippen LogP contribution in [0.25, 0.3) is 0 Å². The third-order valence-corrected chi connectivity index (χ3v) is 3.57. The minimum Gasteiger partial charge on any atom is -0.373 e. The van der Waals surface area contributed by atoms with Crippen molar-refractivity contribution in [3.05, 3.63) is 59.9 Å². The molecule has 1 saturated heterocycles. The summed E-state index contributed by atoms with van der Waals surface area (Å²) in [5, 5.41) is 2.92. The van der Waals surface area contributed by atoms with Crippen molar-refractivity contribution >= 4 is 23.2 Å². The molecule has 0 bridgehead atoms. The molecule has 0 spiro atoms. The monoisotopic (exact) mass is 298 g/mol. The van der Waals surface area contributed by atoms with Gasteiger partial charge in [0.05, 0.1) is 12.1 Å². The number of aryl methyl sites for hydroxylation is 1. The van der Waals surface area contributed by atoms with Crippen molar-refractivity contribution in [1.82, 2.24) is 0 Å². The van der Waals surface area contributed by atoms with E-state index in [0.717, 1.165) is 5.56 Å². The molecular weight excluding hydrogens is 283 g/mol. The molecule has 0 aromatic heterocycles. The molecular formula is C17H15FN2O2. The molecule has 1 N–H and O–H groups in total. The average molecular weight is 298 g/mol. The Morgan fingerprint density at radius 2 is 1.91 bits per heavy atom. The van der Waals surface area contributed by atoms with E-state index in [1.807, 2.05) is 13.0 Å². The van der Waals surface area contributed by atoms with Gasteiger partial charge in [-0.05, 0) is 42.8 Å². The maximum absolute atomic E-state index is 13.2. The number of carbonyl (C=O) groups is 2. The van der Waals surface area contributed by atoms with E-state index in [4.69, 9.17) is 0 Å². The first-order valence-corrected chi connectivity index (χ1v) is 7.00. The number of amides is 2. The Balaban J connectivity index is 1.82. The van der Waals surface area contributed by atoms with Crippen LogP contribution in [0.3, 0.4) is 0 Å². The number of hydrogen-bond acceptors (Lipinski definition) is 3. The summed E-state index contributed by atoms with van der Waals surface area (Å²) in [5.74, 6) is -0.971. The van der Waals surface area contributed by atoms with Crippen molar-refractivity contribution in [2.75, 3.05) is 10.2 Å². The van der Waals surface area contributed by atoms with Crippen LogP contribution in [0.1, 0.15) is 12.0 Å². The molecule has 5 heteroatoms. The van der Waals surface area contributed by atoms with E-state index in [1.54, 1.807) is 30.3 Å². The fourth-order valence-electron chi connectivity index (χ4n) is 2.56. The Labute approximate surface area is 127 Å². The Kier molecular flexibility index (Phi) is 3.63. The van der Waals surface area contributed by atoms with E-state index in [-0.39, 0.29) is 18.2 Å². The van der Waals surface area contributed by atoms with Crippen molar-refractivity contribution in [3.8, 4) is 0 Å². The number of benzene rings is 2. The number of imide groups is 1. The predicted octanol–water partition coefficient (Wildman–Crippen LogP) is 2.88. The fourth-order valence-corrected chi connectivity index (χ4v) is 2.56. The number of nitrogens with zero attached hydrogens (tertiary/aromatic N) is 1. The largest absolute Gasteiger partial charge is 0.373 e. The van der Waals surface area contributed by atoms with Crippen LogP contribution in [0.15, 0.2) is 48.5 Å². The van der Waals surface area contributed by atoms with Gasteiger partial charge in [-0.1, -0.05) is 18.2 Å². The highest BCUT2D eigenvalue weighted by Crippen LogP contribution is 2.25. The highest BCUT2D eigenvalue weighted by Gasteiger charge is 2.39. The van der Waals surface area contributed by atoms with E-state index < -0.39 is 11.9 Å². The molecule has 1 aliphatic rings. The van der Waals surface area contributed by atoms with Crippen LogP contribution in [0.5, 0.6) is 0 Å². The first-order chi connectivity index (χ1) is 10.5. The van der Waals surface area contributed by atoms with Gasteiger partial charge >= 0.3 is 0 Å². The Morgan fingerprint density at radius 1 is 1.14 bits per heavy atom. The minimum absolute atomic E-state index is 0.0588. The molecule has 4 nitrogen and oxygen atoms in total. The summed E-state index contributed by atoms with van der Waals surface area (Å²) in [6.07, 6.45) is 0.0588. The highest BCUT2D eigenvalue weighted by atomic mass is 19.1. The molecule has 1 fully saturated rings. The van der Waals surface area contributed by atoms with Crippen molar-refractivity contribution < 1.29 is 14.0 Å². The second-order valence-corrected chi connectivity index (χ2v) is 5.32. The Morgan fingerprint density at radius 3 is 2.64 bits per heavy atom. The Bertz CT molecular complexity index is 745. The molecule has 0 unspecified atom stereocenters. The zero-order valence-corrected chi connectivity index (χ0v) is 12.0. The number of carbonyl (C=O) groups excluding carboxylic acids is 2. The molecule has 112 valence electrons. The average Bonchev–Trinajstić information content (AvgIpc) is 2.73. The summed E-state index contributed by atoms with van der Waals surface area (Å²) in [6.45, 7) is 1.90. The van der Waals surface area contributed by atoms with Gasteiger partial charge in [0.25, 0.3) is 5.91 Å². The van der Waals surface area contributed by atoms with Gasteiger partial charge in [0.1, 0.15) is 11.9 Å². The van der Waals surface area contributed by atoms with Crippen LogP contribution < -0.4 is 10.2 Å². The molecule has 2 amide bonds. The van der Waals surface area contributed by atoms with Crippen LogP contribution in [-0.4, -0.2) is 17.9 Å². The van der Waals surface area contributed by atoms with Gasteiger partial charge in [-0.25, -0.2) is 9.29 Å². The SMILES string of the molecule is Cc1cccc(N2C(=O)C[C@H](Nc3cccc(F)c3)C2=O)c1. The van der Waals surface area contributed by atoms with E-state index >= 15 is 0 Å². The van der Waals surface area contributed by atoms with Crippen molar-refractivity contribution in [2.24, 2.45) is 0 Å². The predicted molar refractivity (Wildman–Crippen MR) is 82.1 cm³/mol. The Hall–Kier alpha value is -2.69. The molecule has 0 saturated carbocycles. The van der Waals surface area contributed by atoms with Crippen LogP contribution in [0.4, 0.5) is 15.8 Å². The molecule has 1 heterocycles. The quantitative estimate of drug-likeness (QED) is 0.886. The maximum Gasteiger partial charge on any atom is 0.256 e. The van der Waals surface area contributed by atoms with E-state index in [1.165, 1.54) is 17.0 Å². The number of halogens is 1.